The van der Waals surface area contributed by atoms with Gasteiger partial charge < -0.3 is 9.64 Å². The van der Waals surface area contributed by atoms with Crippen molar-refractivity contribution in [3.8, 4) is 5.75 Å². The van der Waals surface area contributed by atoms with Gasteiger partial charge in [-0.1, -0.05) is 6.07 Å². The molecule has 0 unspecified atom stereocenters. The molecule has 0 aromatic heterocycles. The third-order valence-corrected chi connectivity index (χ3v) is 3.16. The van der Waals surface area contributed by atoms with Crippen LogP contribution in [0.2, 0.25) is 0 Å². The van der Waals surface area contributed by atoms with Crippen LogP contribution in [0.3, 0.4) is 0 Å². The van der Waals surface area contributed by atoms with Crippen molar-refractivity contribution in [2.24, 2.45) is 0 Å². The molecule has 2 aliphatic rings. The first kappa shape index (κ1) is 8.77. The molecular weight excluding hydrogens is 190 g/mol. The molecule has 1 heterocycles. The van der Waals surface area contributed by atoms with Crippen LogP contribution in [0.4, 0.5) is 0 Å². The molecule has 1 fully saturated rings. The predicted octanol–water partition coefficient (Wildman–Crippen LogP) is 1.81. The monoisotopic (exact) mass is 203 g/mol. The molecule has 78 valence electrons. The first-order valence-corrected chi connectivity index (χ1v) is 5.28. The molecule has 1 amide bonds. The van der Waals surface area contributed by atoms with Gasteiger partial charge in [0.1, 0.15) is 5.75 Å². The second-order valence-electron chi connectivity index (χ2n) is 4.15. The van der Waals surface area contributed by atoms with Crippen molar-refractivity contribution in [1.82, 2.24) is 4.90 Å². The Labute approximate surface area is 88.6 Å². The van der Waals surface area contributed by atoms with Gasteiger partial charge in [-0.05, 0) is 25.0 Å². The maximum atomic E-state index is 12.0. The lowest BCUT2D eigenvalue weighted by molar-refractivity contribution is 0.0766. The van der Waals surface area contributed by atoms with E-state index in [2.05, 4.69) is 0 Å². The van der Waals surface area contributed by atoms with Gasteiger partial charge in [-0.3, -0.25) is 4.79 Å². The molecule has 1 aromatic rings. The van der Waals surface area contributed by atoms with E-state index in [1.807, 2.05) is 23.1 Å². The van der Waals surface area contributed by atoms with Crippen LogP contribution in [0.25, 0.3) is 0 Å². The molecule has 0 radical (unpaired) electrons. The highest BCUT2D eigenvalue weighted by atomic mass is 16.5. The highest BCUT2D eigenvalue weighted by molar-refractivity contribution is 5.99. The SMILES string of the molecule is COc1cccc2c1CN(C1CC1)C2=O. The van der Waals surface area contributed by atoms with E-state index in [0.717, 1.165) is 36.3 Å². The summed E-state index contributed by atoms with van der Waals surface area (Å²) in [5.74, 6) is 1.01. The van der Waals surface area contributed by atoms with Crippen LogP contribution < -0.4 is 4.74 Å². The minimum atomic E-state index is 0.173. The summed E-state index contributed by atoms with van der Waals surface area (Å²) < 4.78 is 5.27. The number of carbonyl (C=O) groups excluding carboxylic acids is 1. The summed E-state index contributed by atoms with van der Waals surface area (Å²) >= 11 is 0. The fourth-order valence-corrected chi connectivity index (χ4v) is 2.20. The van der Waals surface area contributed by atoms with E-state index in [1.54, 1.807) is 7.11 Å². The molecule has 0 N–H and O–H groups in total. The number of carbonyl (C=O) groups is 1. The molecule has 0 saturated heterocycles. The van der Waals surface area contributed by atoms with Gasteiger partial charge in [-0.2, -0.15) is 0 Å². The van der Waals surface area contributed by atoms with Crippen molar-refractivity contribution in [2.45, 2.75) is 25.4 Å². The Morgan fingerprint density at radius 3 is 2.87 bits per heavy atom. The maximum Gasteiger partial charge on any atom is 0.254 e. The van der Waals surface area contributed by atoms with Crippen LogP contribution in [0, 0.1) is 0 Å². The summed E-state index contributed by atoms with van der Waals surface area (Å²) in [5, 5.41) is 0. The highest BCUT2D eigenvalue weighted by Crippen LogP contribution is 2.37. The molecule has 0 atom stereocenters. The Balaban J connectivity index is 2.03. The number of nitrogens with zero attached hydrogens (tertiary/aromatic N) is 1. The normalized spacial score (nSPS) is 19.3. The van der Waals surface area contributed by atoms with Gasteiger partial charge >= 0.3 is 0 Å². The summed E-state index contributed by atoms with van der Waals surface area (Å²) in [6.45, 7) is 0.725. The fraction of sp³-hybridized carbons (Fsp3) is 0.417. The molecule has 1 aliphatic heterocycles. The van der Waals surface area contributed by atoms with E-state index < -0.39 is 0 Å². The zero-order chi connectivity index (χ0) is 10.4. The smallest absolute Gasteiger partial charge is 0.254 e. The number of benzene rings is 1. The zero-order valence-corrected chi connectivity index (χ0v) is 8.69. The van der Waals surface area contributed by atoms with E-state index in [1.165, 1.54) is 0 Å². The Kier molecular flexibility index (Phi) is 1.75. The van der Waals surface area contributed by atoms with Crippen LogP contribution in [0.5, 0.6) is 5.75 Å². The lowest BCUT2D eigenvalue weighted by atomic mass is 10.1. The minimum absolute atomic E-state index is 0.173. The first-order valence-electron chi connectivity index (χ1n) is 5.28. The van der Waals surface area contributed by atoms with Gasteiger partial charge in [0.05, 0.1) is 13.7 Å². The number of methoxy groups -OCH3 is 1. The van der Waals surface area contributed by atoms with Gasteiger partial charge in [0.2, 0.25) is 0 Å². The average molecular weight is 203 g/mol. The Hall–Kier alpha value is -1.51. The molecule has 3 nitrogen and oxygen atoms in total. The molecule has 1 aliphatic carbocycles. The predicted molar refractivity (Wildman–Crippen MR) is 55.9 cm³/mol. The third-order valence-electron chi connectivity index (χ3n) is 3.16. The van der Waals surface area contributed by atoms with Gasteiger partial charge in [-0.25, -0.2) is 0 Å². The van der Waals surface area contributed by atoms with Crippen molar-refractivity contribution in [2.75, 3.05) is 7.11 Å². The largest absolute Gasteiger partial charge is 0.496 e. The molecule has 1 aromatic carbocycles. The zero-order valence-electron chi connectivity index (χ0n) is 8.69. The van der Waals surface area contributed by atoms with Crippen molar-refractivity contribution < 1.29 is 9.53 Å². The number of fused-ring (bicyclic) bond motifs is 1. The van der Waals surface area contributed by atoms with Crippen molar-refractivity contribution in [3.05, 3.63) is 29.3 Å². The molecule has 15 heavy (non-hydrogen) atoms. The van der Waals surface area contributed by atoms with Gasteiger partial charge in [0.15, 0.2) is 0 Å². The lowest BCUT2D eigenvalue weighted by Gasteiger charge is -2.13. The van der Waals surface area contributed by atoms with Gasteiger partial charge in [0.25, 0.3) is 5.91 Å². The Bertz CT molecular complexity index is 424. The highest BCUT2D eigenvalue weighted by Gasteiger charge is 2.39. The number of ether oxygens (including phenoxy) is 1. The van der Waals surface area contributed by atoms with Gasteiger partial charge in [-0.15, -0.1) is 0 Å². The molecule has 1 saturated carbocycles. The van der Waals surface area contributed by atoms with E-state index in [4.69, 9.17) is 4.74 Å². The molecule has 0 spiro atoms. The fourth-order valence-electron chi connectivity index (χ4n) is 2.20. The maximum absolute atomic E-state index is 12.0. The summed E-state index contributed by atoms with van der Waals surface area (Å²) in [7, 11) is 1.65. The van der Waals surface area contributed by atoms with E-state index in [-0.39, 0.29) is 5.91 Å². The summed E-state index contributed by atoms with van der Waals surface area (Å²) in [6.07, 6.45) is 2.31. The van der Waals surface area contributed by atoms with E-state index in [9.17, 15) is 4.79 Å². The second-order valence-corrected chi connectivity index (χ2v) is 4.15. The quantitative estimate of drug-likeness (QED) is 0.733. The van der Waals surface area contributed by atoms with Crippen LogP contribution in [-0.2, 0) is 6.54 Å². The number of hydrogen-bond donors (Lipinski definition) is 0. The van der Waals surface area contributed by atoms with Gasteiger partial charge in [0, 0.05) is 17.2 Å². The average Bonchev–Trinajstić information content (AvgIpc) is 3.04. The summed E-state index contributed by atoms with van der Waals surface area (Å²) in [6, 6.07) is 6.17. The standard InChI is InChI=1S/C12H13NO2/c1-15-11-4-2-3-9-10(11)7-13(12(9)14)8-5-6-8/h2-4,8H,5-7H2,1H3. The Morgan fingerprint density at radius 1 is 1.40 bits per heavy atom. The van der Waals surface area contributed by atoms with Crippen molar-refractivity contribution >= 4 is 5.91 Å². The third kappa shape index (κ3) is 1.23. The molecule has 3 rings (SSSR count). The van der Waals surface area contributed by atoms with Crippen LogP contribution >= 0.6 is 0 Å². The minimum Gasteiger partial charge on any atom is -0.496 e. The van der Waals surface area contributed by atoms with Crippen molar-refractivity contribution in [1.29, 1.82) is 0 Å². The summed E-state index contributed by atoms with van der Waals surface area (Å²) in [5.41, 5.74) is 1.87. The van der Waals surface area contributed by atoms with Crippen LogP contribution in [0.15, 0.2) is 18.2 Å². The van der Waals surface area contributed by atoms with Crippen molar-refractivity contribution in [3.63, 3.8) is 0 Å². The summed E-state index contributed by atoms with van der Waals surface area (Å²) in [4.78, 5) is 14.0. The topological polar surface area (TPSA) is 29.5 Å². The Morgan fingerprint density at radius 2 is 2.20 bits per heavy atom. The van der Waals surface area contributed by atoms with E-state index >= 15 is 0 Å². The lowest BCUT2D eigenvalue weighted by Crippen LogP contribution is -2.25. The molecule has 0 bridgehead atoms. The van der Waals surface area contributed by atoms with Crippen LogP contribution in [-0.4, -0.2) is 24.0 Å². The van der Waals surface area contributed by atoms with Crippen LogP contribution in [0.1, 0.15) is 28.8 Å². The number of amides is 1. The first-order chi connectivity index (χ1) is 7.31. The van der Waals surface area contributed by atoms with E-state index in [0.29, 0.717) is 6.04 Å². The molecular formula is C12H13NO2. The number of hydrogen-bond acceptors (Lipinski definition) is 2. The molecule has 3 heteroatoms. The second kappa shape index (κ2) is 2.99. The number of rotatable bonds is 2.